The minimum absolute atomic E-state index is 0.207. The average Bonchev–Trinajstić information content (AvgIpc) is 2.72. The molecule has 0 aliphatic carbocycles. The first kappa shape index (κ1) is 21.0. The van der Waals surface area contributed by atoms with Gasteiger partial charge in [0.15, 0.2) is 11.5 Å². The fourth-order valence-electron chi connectivity index (χ4n) is 2.97. The van der Waals surface area contributed by atoms with Gasteiger partial charge in [-0.1, -0.05) is 42.8 Å². The highest BCUT2D eigenvalue weighted by molar-refractivity contribution is 6.32. The minimum Gasteiger partial charge on any atom is -0.490 e. The van der Waals surface area contributed by atoms with Gasteiger partial charge in [-0.25, -0.2) is 4.39 Å². The van der Waals surface area contributed by atoms with E-state index in [4.69, 9.17) is 21.1 Å². The summed E-state index contributed by atoms with van der Waals surface area (Å²) in [6.45, 7) is 5.35. The lowest BCUT2D eigenvalue weighted by atomic mass is 10.1. The fraction of sp³-hybridized carbons (Fsp3) is 0.250. The Morgan fingerprint density at radius 3 is 2.38 bits per heavy atom. The Balaban J connectivity index is 1.72. The first-order chi connectivity index (χ1) is 14.1. The second-order valence-corrected chi connectivity index (χ2v) is 7.07. The van der Waals surface area contributed by atoms with Crippen LogP contribution in [-0.2, 0) is 19.6 Å². The molecule has 29 heavy (non-hydrogen) atoms. The van der Waals surface area contributed by atoms with E-state index in [2.05, 4.69) is 36.5 Å². The van der Waals surface area contributed by atoms with Crippen LogP contribution in [0, 0.1) is 5.82 Å². The maximum atomic E-state index is 13.4. The Morgan fingerprint density at radius 1 is 0.897 bits per heavy atom. The van der Waals surface area contributed by atoms with E-state index >= 15 is 0 Å². The number of aryl methyl sites for hydroxylation is 1. The zero-order chi connectivity index (χ0) is 20.6. The highest BCUT2D eigenvalue weighted by Gasteiger charge is 2.13. The van der Waals surface area contributed by atoms with Crippen LogP contribution in [0.5, 0.6) is 11.5 Å². The van der Waals surface area contributed by atoms with E-state index < -0.39 is 0 Å². The quantitative estimate of drug-likeness (QED) is 0.427. The summed E-state index contributed by atoms with van der Waals surface area (Å²) in [5.41, 5.74) is 4.06. The maximum Gasteiger partial charge on any atom is 0.180 e. The largest absolute Gasteiger partial charge is 0.490 e. The molecule has 0 aromatic heterocycles. The van der Waals surface area contributed by atoms with Crippen LogP contribution in [0.3, 0.4) is 0 Å². The number of hydrogen-bond acceptors (Lipinski definition) is 3. The Morgan fingerprint density at radius 2 is 1.69 bits per heavy atom. The zero-order valence-electron chi connectivity index (χ0n) is 16.7. The van der Waals surface area contributed by atoms with E-state index in [1.807, 2.05) is 19.1 Å². The third-order valence-corrected chi connectivity index (χ3v) is 4.78. The molecule has 0 fully saturated rings. The van der Waals surface area contributed by atoms with Crippen molar-refractivity contribution in [2.75, 3.05) is 11.9 Å². The van der Waals surface area contributed by atoms with Crippen LogP contribution >= 0.6 is 11.6 Å². The normalized spacial score (nSPS) is 10.6. The lowest BCUT2D eigenvalue weighted by Gasteiger charge is -2.16. The Bertz CT molecular complexity index is 944. The molecule has 0 atom stereocenters. The summed E-state index contributed by atoms with van der Waals surface area (Å²) in [5, 5.41) is 3.86. The van der Waals surface area contributed by atoms with Crippen molar-refractivity contribution < 1.29 is 13.9 Å². The zero-order valence-corrected chi connectivity index (χ0v) is 17.4. The number of ether oxygens (including phenoxy) is 2. The first-order valence-electron chi connectivity index (χ1n) is 9.74. The van der Waals surface area contributed by atoms with Crippen molar-refractivity contribution in [1.82, 2.24) is 0 Å². The lowest BCUT2D eigenvalue weighted by Crippen LogP contribution is -2.04. The lowest BCUT2D eigenvalue weighted by molar-refractivity contribution is 0.269. The second kappa shape index (κ2) is 10.2. The van der Waals surface area contributed by atoms with Gasteiger partial charge in [-0.15, -0.1) is 0 Å². The van der Waals surface area contributed by atoms with Crippen molar-refractivity contribution in [1.29, 1.82) is 0 Å². The average molecular weight is 414 g/mol. The molecule has 0 aliphatic heterocycles. The molecule has 0 unspecified atom stereocenters. The van der Waals surface area contributed by atoms with E-state index in [9.17, 15) is 4.39 Å². The smallest absolute Gasteiger partial charge is 0.180 e. The van der Waals surface area contributed by atoms with Gasteiger partial charge in [-0.3, -0.25) is 0 Å². The molecular weight excluding hydrogens is 389 g/mol. The van der Waals surface area contributed by atoms with Gasteiger partial charge < -0.3 is 14.8 Å². The van der Waals surface area contributed by atoms with Crippen LogP contribution < -0.4 is 14.8 Å². The molecule has 0 saturated carbocycles. The molecule has 3 nitrogen and oxygen atoms in total. The highest BCUT2D eigenvalue weighted by Crippen LogP contribution is 2.37. The van der Waals surface area contributed by atoms with Crippen LogP contribution in [0.25, 0.3) is 0 Å². The Kier molecular flexibility index (Phi) is 7.36. The molecule has 3 aromatic rings. The summed E-state index contributed by atoms with van der Waals surface area (Å²) in [4.78, 5) is 0. The Labute approximate surface area is 176 Å². The summed E-state index contributed by atoms with van der Waals surface area (Å²) in [5.74, 6) is 0.749. The van der Waals surface area contributed by atoms with E-state index in [-0.39, 0.29) is 12.4 Å². The summed E-state index contributed by atoms with van der Waals surface area (Å²) < 4.78 is 25.0. The molecule has 152 valence electrons. The van der Waals surface area contributed by atoms with E-state index in [0.29, 0.717) is 29.7 Å². The van der Waals surface area contributed by atoms with Gasteiger partial charge >= 0.3 is 0 Å². The van der Waals surface area contributed by atoms with Crippen molar-refractivity contribution in [3.63, 3.8) is 0 Å². The minimum atomic E-state index is -0.296. The van der Waals surface area contributed by atoms with Gasteiger partial charge in [0.05, 0.1) is 11.6 Å². The number of rotatable bonds is 9. The molecule has 3 rings (SSSR count). The van der Waals surface area contributed by atoms with Crippen molar-refractivity contribution >= 4 is 17.3 Å². The number of nitrogens with one attached hydrogen (secondary N) is 1. The fourth-order valence-corrected chi connectivity index (χ4v) is 3.26. The highest BCUT2D eigenvalue weighted by atomic mass is 35.5. The monoisotopic (exact) mass is 413 g/mol. The number of halogens is 2. The summed E-state index contributed by atoms with van der Waals surface area (Å²) in [6.07, 6.45) is 1.02. The molecule has 0 aliphatic rings. The molecule has 0 spiro atoms. The molecule has 1 N–H and O–H groups in total. The van der Waals surface area contributed by atoms with Crippen LogP contribution in [0.4, 0.5) is 10.1 Å². The van der Waals surface area contributed by atoms with Crippen molar-refractivity contribution in [3.05, 3.63) is 88.2 Å². The topological polar surface area (TPSA) is 30.5 Å². The van der Waals surface area contributed by atoms with Crippen LogP contribution in [0.1, 0.15) is 30.5 Å². The molecule has 0 saturated heterocycles. The van der Waals surface area contributed by atoms with Gasteiger partial charge in [0.1, 0.15) is 12.4 Å². The summed E-state index contributed by atoms with van der Waals surface area (Å²) >= 11 is 6.48. The molecule has 3 aromatic carbocycles. The molecule has 0 bridgehead atoms. The molecule has 5 heteroatoms. The standard InChI is InChI=1S/C24H25ClFNO2/c1-3-17-8-10-21(11-9-17)27-15-19-13-22(25)24(23(14-19)28-4-2)29-16-18-6-5-7-20(26)12-18/h5-14,27H,3-4,15-16H2,1-2H3. The van der Waals surface area contributed by atoms with E-state index in [1.54, 1.807) is 12.1 Å². The third-order valence-electron chi connectivity index (χ3n) is 4.50. The van der Waals surface area contributed by atoms with Gasteiger partial charge in [0, 0.05) is 12.2 Å². The van der Waals surface area contributed by atoms with Crippen LogP contribution in [0.15, 0.2) is 60.7 Å². The predicted molar refractivity (Wildman–Crippen MR) is 116 cm³/mol. The van der Waals surface area contributed by atoms with Gasteiger partial charge in [-0.05, 0) is 66.4 Å². The van der Waals surface area contributed by atoms with Crippen molar-refractivity contribution in [2.24, 2.45) is 0 Å². The third kappa shape index (κ3) is 5.88. The van der Waals surface area contributed by atoms with Crippen LogP contribution in [-0.4, -0.2) is 6.61 Å². The number of hydrogen-bond donors (Lipinski definition) is 1. The van der Waals surface area contributed by atoms with Gasteiger partial charge in [0.25, 0.3) is 0 Å². The summed E-state index contributed by atoms with van der Waals surface area (Å²) in [7, 11) is 0. The second-order valence-electron chi connectivity index (χ2n) is 6.66. The molecular formula is C24H25ClFNO2. The Hall–Kier alpha value is -2.72. The number of benzene rings is 3. The maximum absolute atomic E-state index is 13.4. The summed E-state index contributed by atoms with van der Waals surface area (Å²) in [6, 6.07) is 18.5. The number of anilines is 1. The molecule has 0 radical (unpaired) electrons. The van der Waals surface area contributed by atoms with Crippen molar-refractivity contribution in [3.8, 4) is 11.5 Å². The predicted octanol–water partition coefficient (Wildman–Crippen LogP) is 6.63. The van der Waals surface area contributed by atoms with E-state index in [0.717, 1.165) is 23.2 Å². The van der Waals surface area contributed by atoms with Crippen molar-refractivity contribution in [2.45, 2.75) is 33.4 Å². The van der Waals surface area contributed by atoms with Gasteiger partial charge in [0.2, 0.25) is 0 Å². The SMILES string of the molecule is CCOc1cc(CNc2ccc(CC)cc2)cc(Cl)c1OCc1cccc(F)c1. The first-order valence-corrected chi connectivity index (χ1v) is 10.1. The molecule has 0 heterocycles. The molecule has 0 amide bonds. The van der Waals surface area contributed by atoms with Gasteiger partial charge in [-0.2, -0.15) is 0 Å². The van der Waals surface area contributed by atoms with E-state index in [1.165, 1.54) is 17.7 Å². The van der Waals surface area contributed by atoms with Crippen LogP contribution in [0.2, 0.25) is 5.02 Å².